The minimum Gasteiger partial charge on any atom is -0.490 e. The van der Waals surface area contributed by atoms with Crippen LogP contribution in [0.4, 0.5) is 11.4 Å². The average Bonchev–Trinajstić information content (AvgIpc) is 2.51. The number of ether oxygens (including phenoxy) is 1. The Hall–Kier alpha value is -2.23. The lowest BCUT2D eigenvalue weighted by atomic mass is 10.1. The third-order valence-corrected chi connectivity index (χ3v) is 3.65. The third kappa shape index (κ3) is 3.02. The van der Waals surface area contributed by atoms with Crippen LogP contribution in [0.2, 0.25) is 0 Å². The average molecular weight is 269 g/mol. The van der Waals surface area contributed by atoms with Gasteiger partial charge in [-0.1, -0.05) is 0 Å². The first-order valence-electron chi connectivity index (χ1n) is 6.98. The molecule has 0 saturated carbocycles. The molecule has 0 unspecified atom stereocenters. The molecule has 1 aromatic carbocycles. The summed E-state index contributed by atoms with van der Waals surface area (Å²) in [5, 5.41) is 0. The number of benzene rings is 1. The summed E-state index contributed by atoms with van der Waals surface area (Å²) in [5.41, 5.74) is 7.69. The SMILES string of the molecule is Nc1ccc(OC2CCN(c3ccncc3)CC2)cc1. The molecule has 2 N–H and O–H groups in total. The molecule has 3 rings (SSSR count). The van der Waals surface area contributed by atoms with Gasteiger partial charge in [-0.2, -0.15) is 0 Å². The van der Waals surface area contributed by atoms with E-state index in [1.807, 2.05) is 36.7 Å². The maximum atomic E-state index is 6.00. The quantitative estimate of drug-likeness (QED) is 0.870. The van der Waals surface area contributed by atoms with E-state index in [1.165, 1.54) is 5.69 Å². The Morgan fingerprint density at radius 2 is 1.65 bits per heavy atom. The zero-order valence-corrected chi connectivity index (χ0v) is 11.4. The maximum absolute atomic E-state index is 6.00. The van der Waals surface area contributed by atoms with E-state index in [0.29, 0.717) is 0 Å². The van der Waals surface area contributed by atoms with Crippen LogP contribution in [0.1, 0.15) is 12.8 Å². The molecule has 0 radical (unpaired) electrons. The van der Waals surface area contributed by atoms with Gasteiger partial charge in [0.1, 0.15) is 11.9 Å². The lowest BCUT2D eigenvalue weighted by Crippen LogP contribution is -2.38. The number of nitrogens with zero attached hydrogens (tertiary/aromatic N) is 2. The highest BCUT2D eigenvalue weighted by Crippen LogP contribution is 2.23. The summed E-state index contributed by atoms with van der Waals surface area (Å²) in [4.78, 5) is 6.44. The molecule has 1 aliphatic rings. The number of pyridine rings is 1. The summed E-state index contributed by atoms with van der Waals surface area (Å²) in [6, 6.07) is 11.7. The first-order chi connectivity index (χ1) is 9.81. The number of hydrogen-bond donors (Lipinski definition) is 1. The van der Waals surface area contributed by atoms with Gasteiger partial charge >= 0.3 is 0 Å². The van der Waals surface area contributed by atoms with Crippen LogP contribution in [0.5, 0.6) is 5.75 Å². The number of rotatable bonds is 3. The molecule has 1 aromatic heterocycles. The topological polar surface area (TPSA) is 51.4 Å². The summed E-state index contributed by atoms with van der Waals surface area (Å²) < 4.78 is 6.00. The zero-order valence-electron chi connectivity index (χ0n) is 11.4. The molecule has 0 aliphatic carbocycles. The van der Waals surface area contributed by atoms with Gasteiger partial charge < -0.3 is 15.4 Å². The van der Waals surface area contributed by atoms with Crippen LogP contribution in [0, 0.1) is 0 Å². The molecule has 2 heterocycles. The Morgan fingerprint density at radius 3 is 2.30 bits per heavy atom. The smallest absolute Gasteiger partial charge is 0.119 e. The summed E-state index contributed by atoms with van der Waals surface area (Å²) in [6.45, 7) is 2.04. The highest BCUT2D eigenvalue weighted by atomic mass is 16.5. The second kappa shape index (κ2) is 5.82. The Balaban J connectivity index is 1.55. The fraction of sp³-hybridized carbons (Fsp3) is 0.312. The highest BCUT2D eigenvalue weighted by molar-refractivity contribution is 5.45. The first kappa shape index (κ1) is 12.8. The van der Waals surface area contributed by atoms with Crippen LogP contribution in [-0.2, 0) is 0 Å². The van der Waals surface area contributed by atoms with Gasteiger partial charge in [-0.3, -0.25) is 4.98 Å². The molecule has 0 atom stereocenters. The van der Waals surface area contributed by atoms with E-state index < -0.39 is 0 Å². The molecule has 1 fully saturated rings. The van der Waals surface area contributed by atoms with Gasteiger partial charge in [0.2, 0.25) is 0 Å². The number of anilines is 2. The Morgan fingerprint density at radius 1 is 1.00 bits per heavy atom. The Labute approximate surface area is 119 Å². The van der Waals surface area contributed by atoms with Crippen LogP contribution in [-0.4, -0.2) is 24.2 Å². The third-order valence-electron chi connectivity index (χ3n) is 3.65. The largest absolute Gasteiger partial charge is 0.490 e. The van der Waals surface area contributed by atoms with Gasteiger partial charge in [0.15, 0.2) is 0 Å². The summed E-state index contributed by atoms with van der Waals surface area (Å²) in [5.74, 6) is 0.904. The van der Waals surface area contributed by atoms with Crippen LogP contribution in [0.3, 0.4) is 0 Å². The first-order valence-corrected chi connectivity index (χ1v) is 6.98. The molecule has 4 nitrogen and oxygen atoms in total. The van der Waals surface area contributed by atoms with Crippen LogP contribution < -0.4 is 15.4 Å². The fourth-order valence-corrected chi connectivity index (χ4v) is 2.53. The van der Waals surface area contributed by atoms with Crippen molar-refractivity contribution < 1.29 is 4.74 Å². The molecule has 1 saturated heterocycles. The number of nitrogen functional groups attached to an aromatic ring is 1. The van der Waals surface area contributed by atoms with E-state index in [1.54, 1.807) is 0 Å². The van der Waals surface area contributed by atoms with Crippen molar-refractivity contribution in [1.29, 1.82) is 0 Å². The number of hydrogen-bond acceptors (Lipinski definition) is 4. The van der Waals surface area contributed by atoms with Crippen molar-refractivity contribution in [2.75, 3.05) is 23.7 Å². The van der Waals surface area contributed by atoms with Crippen molar-refractivity contribution in [1.82, 2.24) is 4.98 Å². The lowest BCUT2D eigenvalue weighted by molar-refractivity contribution is 0.171. The maximum Gasteiger partial charge on any atom is 0.119 e. The molecule has 0 bridgehead atoms. The van der Waals surface area contributed by atoms with Crippen LogP contribution in [0.25, 0.3) is 0 Å². The normalized spacial score (nSPS) is 16.1. The van der Waals surface area contributed by atoms with Gasteiger partial charge in [-0.25, -0.2) is 0 Å². The minimum absolute atomic E-state index is 0.289. The molecular formula is C16H19N3O. The predicted molar refractivity (Wildman–Crippen MR) is 81.0 cm³/mol. The van der Waals surface area contributed by atoms with Crippen LogP contribution >= 0.6 is 0 Å². The van der Waals surface area contributed by atoms with Crippen molar-refractivity contribution in [2.45, 2.75) is 18.9 Å². The number of aromatic nitrogens is 1. The van der Waals surface area contributed by atoms with Gasteiger partial charge in [-0.05, 0) is 36.4 Å². The van der Waals surface area contributed by atoms with Crippen molar-refractivity contribution in [3.05, 3.63) is 48.8 Å². The predicted octanol–water partition coefficient (Wildman–Crippen LogP) is 2.71. The summed E-state index contributed by atoms with van der Waals surface area (Å²) >= 11 is 0. The molecule has 0 amide bonds. The second-order valence-corrected chi connectivity index (χ2v) is 5.08. The summed E-state index contributed by atoms with van der Waals surface area (Å²) in [6.07, 6.45) is 6.04. The van der Waals surface area contributed by atoms with Gasteiger partial charge in [0.25, 0.3) is 0 Å². The van der Waals surface area contributed by atoms with Crippen molar-refractivity contribution in [3.63, 3.8) is 0 Å². The highest BCUT2D eigenvalue weighted by Gasteiger charge is 2.20. The van der Waals surface area contributed by atoms with Crippen molar-refractivity contribution >= 4 is 11.4 Å². The van der Waals surface area contributed by atoms with E-state index in [0.717, 1.165) is 37.4 Å². The second-order valence-electron chi connectivity index (χ2n) is 5.08. The van der Waals surface area contributed by atoms with Crippen LogP contribution in [0.15, 0.2) is 48.8 Å². The van der Waals surface area contributed by atoms with Gasteiger partial charge in [-0.15, -0.1) is 0 Å². The Bertz CT molecular complexity index is 533. The van der Waals surface area contributed by atoms with E-state index in [9.17, 15) is 0 Å². The van der Waals surface area contributed by atoms with E-state index in [-0.39, 0.29) is 6.10 Å². The standard InChI is InChI=1S/C16H19N3O/c17-13-1-3-15(4-2-13)20-16-7-11-19(12-8-16)14-5-9-18-10-6-14/h1-6,9-10,16H,7-8,11-12,17H2. The molecule has 2 aromatic rings. The van der Waals surface area contributed by atoms with E-state index in [2.05, 4.69) is 22.0 Å². The molecule has 104 valence electrons. The molecular weight excluding hydrogens is 250 g/mol. The lowest BCUT2D eigenvalue weighted by Gasteiger charge is -2.33. The molecule has 0 spiro atoms. The zero-order chi connectivity index (χ0) is 13.8. The Kier molecular flexibility index (Phi) is 3.72. The molecule has 4 heteroatoms. The van der Waals surface area contributed by atoms with E-state index in [4.69, 9.17) is 10.5 Å². The van der Waals surface area contributed by atoms with Crippen molar-refractivity contribution in [3.8, 4) is 5.75 Å². The van der Waals surface area contributed by atoms with Gasteiger partial charge in [0, 0.05) is 49.7 Å². The monoisotopic (exact) mass is 269 g/mol. The van der Waals surface area contributed by atoms with E-state index >= 15 is 0 Å². The number of nitrogens with two attached hydrogens (primary N) is 1. The van der Waals surface area contributed by atoms with Gasteiger partial charge in [0.05, 0.1) is 0 Å². The number of piperidine rings is 1. The molecule has 1 aliphatic heterocycles. The minimum atomic E-state index is 0.289. The molecule has 20 heavy (non-hydrogen) atoms. The fourth-order valence-electron chi connectivity index (χ4n) is 2.53. The summed E-state index contributed by atoms with van der Waals surface area (Å²) in [7, 11) is 0. The van der Waals surface area contributed by atoms with Crippen molar-refractivity contribution in [2.24, 2.45) is 0 Å².